The van der Waals surface area contributed by atoms with Gasteiger partial charge in [0.1, 0.15) is 11.0 Å². The highest BCUT2D eigenvalue weighted by Gasteiger charge is 2.07. The fourth-order valence-electron chi connectivity index (χ4n) is 1.12. The third kappa shape index (κ3) is 4.04. The van der Waals surface area contributed by atoms with Gasteiger partial charge in [-0.1, -0.05) is 11.6 Å². The van der Waals surface area contributed by atoms with Crippen LogP contribution in [0.25, 0.3) is 0 Å². The Morgan fingerprint density at radius 1 is 1.56 bits per heavy atom. The number of carbonyl (C=O) groups is 1. The lowest BCUT2D eigenvalue weighted by atomic mass is 10.2. The van der Waals surface area contributed by atoms with E-state index in [9.17, 15) is 4.79 Å². The van der Waals surface area contributed by atoms with E-state index >= 15 is 0 Å². The van der Waals surface area contributed by atoms with E-state index < -0.39 is 5.97 Å². The lowest BCUT2D eigenvalue weighted by Crippen LogP contribution is -2.21. The number of carboxylic acid groups (broad SMARTS) is 1. The molecule has 0 aliphatic carbocycles. The molecule has 0 bridgehead atoms. The van der Waals surface area contributed by atoms with Gasteiger partial charge >= 0.3 is 5.97 Å². The van der Waals surface area contributed by atoms with E-state index in [-0.39, 0.29) is 10.7 Å². The van der Waals surface area contributed by atoms with E-state index in [1.807, 2.05) is 19.0 Å². The molecular formula is C10H14ClN3O2. The van der Waals surface area contributed by atoms with Gasteiger partial charge in [0.2, 0.25) is 0 Å². The summed E-state index contributed by atoms with van der Waals surface area (Å²) < 4.78 is 0. The smallest absolute Gasteiger partial charge is 0.335 e. The van der Waals surface area contributed by atoms with E-state index in [0.717, 1.165) is 6.54 Å². The van der Waals surface area contributed by atoms with E-state index in [2.05, 4.69) is 10.3 Å². The lowest BCUT2D eigenvalue weighted by Gasteiger charge is -2.11. The summed E-state index contributed by atoms with van der Waals surface area (Å²) in [5, 5.41) is 12.0. The minimum Gasteiger partial charge on any atom is -0.478 e. The minimum absolute atomic E-state index is 0.132. The fraction of sp³-hybridized carbons (Fsp3) is 0.400. The topological polar surface area (TPSA) is 65.5 Å². The van der Waals surface area contributed by atoms with Gasteiger partial charge in [-0.25, -0.2) is 9.78 Å². The summed E-state index contributed by atoms with van der Waals surface area (Å²) in [6.07, 6.45) is 0. The largest absolute Gasteiger partial charge is 0.478 e. The molecule has 1 aromatic rings. The summed E-state index contributed by atoms with van der Waals surface area (Å²) in [5.41, 5.74) is 0.132. The summed E-state index contributed by atoms with van der Waals surface area (Å²) >= 11 is 5.71. The molecule has 5 nitrogen and oxygen atoms in total. The average molecular weight is 244 g/mol. The molecule has 2 N–H and O–H groups in total. The van der Waals surface area contributed by atoms with Crippen molar-refractivity contribution in [1.29, 1.82) is 0 Å². The van der Waals surface area contributed by atoms with Gasteiger partial charge < -0.3 is 15.3 Å². The molecule has 0 aliphatic heterocycles. The molecule has 0 saturated carbocycles. The molecule has 0 spiro atoms. The van der Waals surface area contributed by atoms with E-state index in [1.54, 1.807) is 0 Å². The molecule has 0 unspecified atom stereocenters. The molecule has 88 valence electrons. The van der Waals surface area contributed by atoms with Crippen molar-refractivity contribution in [2.24, 2.45) is 0 Å². The Balaban J connectivity index is 2.69. The van der Waals surface area contributed by atoms with Crippen molar-refractivity contribution in [3.8, 4) is 0 Å². The number of aromatic carboxylic acids is 1. The van der Waals surface area contributed by atoms with Crippen LogP contribution in [-0.2, 0) is 0 Å². The van der Waals surface area contributed by atoms with Crippen LogP contribution in [0.1, 0.15) is 10.4 Å². The number of pyridine rings is 1. The molecule has 0 saturated heterocycles. The number of hydrogen-bond acceptors (Lipinski definition) is 4. The molecule has 1 heterocycles. The number of halogens is 1. The van der Waals surface area contributed by atoms with Crippen LogP contribution in [-0.4, -0.2) is 48.1 Å². The third-order valence-corrected chi connectivity index (χ3v) is 2.10. The number of nitrogens with one attached hydrogen (secondary N) is 1. The second kappa shape index (κ2) is 5.67. The second-order valence-electron chi connectivity index (χ2n) is 3.60. The maximum absolute atomic E-state index is 10.8. The first kappa shape index (κ1) is 12.7. The highest BCUT2D eigenvalue weighted by Crippen LogP contribution is 2.14. The highest BCUT2D eigenvalue weighted by molar-refractivity contribution is 6.29. The van der Waals surface area contributed by atoms with Gasteiger partial charge in [0.05, 0.1) is 5.56 Å². The van der Waals surface area contributed by atoms with Crippen LogP contribution in [0, 0.1) is 0 Å². The molecule has 0 amide bonds. The summed E-state index contributed by atoms with van der Waals surface area (Å²) in [5.74, 6) is -0.535. The monoisotopic (exact) mass is 243 g/mol. The van der Waals surface area contributed by atoms with E-state index in [0.29, 0.717) is 12.4 Å². The molecule has 6 heteroatoms. The number of hydrogen-bond donors (Lipinski definition) is 2. The van der Waals surface area contributed by atoms with E-state index in [4.69, 9.17) is 16.7 Å². The van der Waals surface area contributed by atoms with Gasteiger partial charge in [-0.3, -0.25) is 0 Å². The SMILES string of the molecule is CN(C)CCNc1cc(C(=O)O)cc(Cl)n1. The summed E-state index contributed by atoms with van der Waals surface area (Å²) in [6, 6.07) is 2.78. The van der Waals surface area contributed by atoms with Crippen molar-refractivity contribution in [2.75, 3.05) is 32.5 Å². The predicted molar refractivity (Wildman–Crippen MR) is 63.3 cm³/mol. The first-order valence-electron chi connectivity index (χ1n) is 4.78. The molecule has 16 heavy (non-hydrogen) atoms. The third-order valence-electron chi connectivity index (χ3n) is 1.91. The van der Waals surface area contributed by atoms with Gasteiger partial charge in [-0.15, -0.1) is 0 Å². The van der Waals surface area contributed by atoms with E-state index in [1.165, 1.54) is 12.1 Å². The van der Waals surface area contributed by atoms with Crippen LogP contribution in [0.5, 0.6) is 0 Å². The second-order valence-corrected chi connectivity index (χ2v) is 3.99. The number of nitrogens with zero attached hydrogens (tertiary/aromatic N) is 2. The van der Waals surface area contributed by atoms with Gasteiger partial charge in [0.15, 0.2) is 0 Å². The zero-order chi connectivity index (χ0) is 12.1. The number of likely N-dealkylation sites (N-methyl/N-ethyl adjacent to an activating group) is 1. The molecule has 0 fully saturated rings. The van der Waals surface area contributed by atoms with Gasteiger partial charge in [0, 0.05) is 13.1 Å². The lowest BCUT2D eigenvalue weighted by molar-refractivity contribution is 0.0697. The normalized spacial score (nSPS) is 10.5. The molecule has 0 aliphatic rings. The van der Waals surface area contributed by atoms with Crippen molar-refractivity contribution in [1.82, 2.24) is 9.88 Å². The Hall–Kier alpha value is -1.33. The van der Waals surface area contributed by atoms with Crippen LogP contribution in [0.15, 0.2) is 12.1 Å². The maximum Gasteiger partial charge on any atom is 0.335 e. The molecule has 0 aromatic carbocycles. The molecule has 0 atom stereocenters. The molecule has 1 aromatic heterocycles. The van der Waals surface area contributed by atoms with Gasteiger partial charge in [-0.2, -0.15) is 0 Å². The van der Waals surface area contributed by atoms with Crippen molar-refractivity contribution < 1.29 is 9.90 Å². The maximum atomic E-state index is 10.8. The Bertz CT molecular complexity index is 382. The summed E-state index contributed by atoms with van der Waals surface area (Å²) in [4.78, 5) is 16.8. The van der Waals surface area contributed by atoms with Crippen molar-refractivity contribution in [2.45, 2.75) is 0 Å². The number of aromatic nitrogens is 1. The Kier molecular flexibility index (Phi) is 4.52. The first-order chi connectivity index (χ1) is 7.49. The average Bonchev–Trinajstić information content (AvgIpc) is 2.16. The van der Waals surface area contributed by atoms with Gasteiger partial charge in [0.25, 0.3) is 0 Å². The van der Waals surface area contributed by atoms with Gasteiger partial charge in [-0.05, 0) is 26.2 Å². The Labute approximate surface area is 99.0 Å². The summed E-state index contributed by atoms with van der Waals surface area (Å²) in [6.45, 7) is 1.51. The van der Waals surface area contributed by atoms with Crippen LogP contribution in [0.2, 0.25) is 5.15 Å². The fourth-order valence-corrected chi connectivity index (χ4v) is 1.33. The van der Waals surface area contributed by atoms with Crippen molar-refractivity contribution >= 4 is 23.4 Å². The molecule has 0 radical (unpaired) electrons. The number of rotatable bonds is 5. The zero-order valence-electron chi connectivity index (χ0n) is 9.20. The summed E-state index contributed by atoms with van der Waals surface area (Å²) in [7, 11) is 3.91. The van der Waals surface area contributed by atoms with Crippen molar-refractivity contribution in [3.63, 3.8) is 0 Å². The number of anilines is 1. The Morgan fingerprint density at radius 3 is 2.81 bits per heavy atom. The van der Waals surface area contributed by atoms with Crippen LogP contribution < -0.4 is 5.32 Å². The molecule has 1 rings (SSSR count). The minimum atomic E-state index is -1.01. The predicted octanol–water partition coefficient (Wildman–Crippen LogP) is 1.41. The number of carboxylic acids is 1. The Morgan fingerprint density at radius 2 is 2.25 bits per heavy atom. The van der Waals surface area contributed by atoms with Crippen LogP contribution in [0.4, 0.5) is 5.82 Å². The molecular weight excluding hydrogens is 230 g/mol. The standard InChI is InChI=1S/C10H14ClN3O2/c1-14(2)4-3-12-9-6-7(10(15)16)5-8(11)13-9/h5-6H,3-4H2,1-2H3,(H,12,13)(H,15,16). The van der Waals surface area contributed by atoms with Crippen LogP contribution in [0.3, 0.4) is 0 Å². The first-order valence-corrected chi connectivity index (χ1v) is 5.16. The van der Waals surface area contributed by atoms with Crippen molar-refractivity contribution in [3.05, 3.63) is 22.8 Å². The van der Waals surface area contributed by atoms with Crippen LogP contribution >= 0.6 is 11.6 Å². The zero-order valence-corrected chi connectivity index (χ0v) is 9.95. The quantitative estimate of drug-likeness (QED) is 0.766. The highest BCUT2D eigenvalue weighted by atomic mass is 35.5.